The van der Waals surface area contributed by atoms with Gasteiger partial charge in [0.05, 0.1) is 20.4 Å². The van der Waals surface area contributed by atoms with Crippen LogP contribution >= 0.6 is 22.7 Å². The largest absolute Gasteiger partial charge is 0.478 e. The van der Waals surface area contributed by atoms with Gasteiger partial charge in [-0.15, -0.1) is 22.7 Å². The van der Waals surface area contributed by atoms with Gasteiger partial charge in [-0.1, -0.05) is 29.8 Å². The van der Waals surface area contributed by atoms with Crippen molar-refractivity contribution in [2.75, 3.05) is 17.7 Å². The lowest BCUT2D eigenvalue weighted by atomic mass is 10.1. The Morgan fingerprint density at radius 3 is 2.39 bits per heavy atom. The lowest BCUT2D eigenvalue weighted by molar-refractivity contribution is 0.0699. The highest BCUT2D eigenvalue weighted by Gasteiger charge is 2.23. The molecule has 3 rings (SSSR count). The minimum atomic E-state index is -1.09. The minimum Gasteiger partial charge on any atom is -0.478 e. The van der Waals surface area contributed by atoms with Crippen LogP contribution < -0.4 is 10.6 Å². The molecule has 6 nitrogen and oxygen atoms in total. The molecule has 2 aromatic heterocycles. The zero-order valence-corrected chi connectivity index (χ0v) is 17.2. The van der Waals surface area contributed by atoms with Gasteiger partial charge in [-0.3, -0.25) is 4.79 Å². The molecule has 28 heavy (non-hydrogen) atoms. The highest BCUT2D eigenvalue weighted by atomic mass is 32.1. The molecule has 1 amide bonds. The second-order valence-electron chi connectivity index (χ2n) is 6.21. The Balaban J connectivity index is 1.94. The number of aryl methyl sites for hydroxylation is 1. The van der Waals surface area contributed by atoms with Crippen LogP contribution in [-0.2, 0) is 0 Å². The number of carboxylic acid groups (broad SMARTS) is 1. The fourth-order valence-corrected chi connectivity index (χ4v) is 4.69. The number of anilines is 2. The van der Waals surface area contributed by atoms with Crippen molar-refractivity contribution in [2.24, 2.45) is 0 Å². The van der Waals surface area contributed by atoms with Crippen molar-refractivity contribution in [2.45, 2.75) is 13.8 Å². The number of hydrogen-bond acceptors (Lipinski definition) is 6. The van der Waals surface area contributed by atoms with Gasteiger partial charge in [-0.2, -0.15) is 0 Å². The van der Waals surface area contributed by atoms with Gasteiger partial charge in [-0.05, 0) is 25.5 Å². The van der Waals surface area contributed by atoms with Crippen molar-refractivity contribution in [1.29, 1.82) is 5.41 Å². The second-order valence-corrected chi connectivity index (χ2v) is 8.14. The van der Waals surface area contributed by atoms with Crippen molar-refractivity contribution in [1.82, 2.24) is 0 Å². The molecule has 0 aliphatic rings. The van der Waals surface area contributed by atoms with Crippen LogP contribution in [0.5, 0.6) is 0 Å². The maximum absolute atomic E-state index is 12.7. The fraction of sp³-hybridized carbons (Fsp3) is 0.150. The van der Waals surface area contributed by atoms with Gasteiger partial charge in [-0.25, -0.2) is 4.79 Å². The van der Waals surface area contributed by atoms with E-state index in [1.165, 1.54) is 22.7 Å². The Kier molecular flexibility index (Phi) is 5.62. The normalized spacial score (nSPS) is 10.5. The topological polar surface area (TPSA) is 102 Å². The lowest BCUT2D eigenvalue weighted by Gasteiger charge is -2.05. The average molecular weight is 414 g/mol. The number of hydrogen-bond donors (Lipinski definition) is 4. The van der Waals surface area contributed by atoms with E-state index in [0.717, 1.165) is 16.1 Å². The third-order valence-electron chi connectivity index (χ3n) is 4.15. The molecule has 0 fully saturated rings. The number of rotatable bonds is 6. The van der Waals surface area contributed by atoms with E-state index in [1.807, 2.05) is 31.2 Å². The highest BCUT2D eigenvalue weighted by Crippen LogP contribution is 2.37. The maximum Gasteiger partial charge on any atom is 0.339 e. The molecule has 2 heterocycles. The van der Waals surface area contributed by atoms with E-state index in [2.05, 4.69) is 10.6 Å². The highest BCUT2D eigenvalue weighted by molar-refractivity contribution is 7.18. The fourth-order valence-electron chi connectivity index (χ4n) is 2.73. The summed E-state index contributed by atoms with van der Waals surface area (Å²) >= 11 is 2.51. The van der Waals surface area contributed by atoms with Crippen LogP contribution in [0.15, 0.2) is 35.7 Å². The summed E-state index contributed by atoms with van der Waals surface area (Å²) in [6, 6.07) is 9.23. The van der Waals surface area contributed by atoms with E-state index in [4.69, 9.17) is 5.41 Å². The molecule has 8 heteroatoms. The summed E-state index contributed by atoms with van der Waals surface area (Å²) in [5.74, 6) is -1.49. The average Bonchev–Trinajstić information content (AvgIpc) is 3.26. The maximum atomic E-state index is 12.7. The summed E-state index contributed by atoms with van der Waals surface area (Å²) in [4.78, 5) is 25.6. The van der Waals surface area contributed by atoms with Gasteiger partial charge < -0.3 is 21.1 Å². The third kappa shape index (κ3) is 3.83. The van der Waals surface area contributed by atoms with Crippen molar-refractivity contribution >= 4 is 51.0 Å². The van der Waals surface area contributed by atoms with E-state index >= 15 is 0 Å². The first-order valence-electron chi connectivity index (χ1n) is 8.42. The molecule has 4 N–H and O–H groups in total. The van der Waals surface area contributed by atoms with Gasteiger partial charge >= 0.3 is 5.97 Å². The van der Waals surface area contributed by atoms with E-state index in [0.29, 0.717) is 21.0 Å². The van der Waals surface area contributed by atoms with Gasteiger partial charge in [0.2, 0.25) is 0 Å². The predicted molar refractivity (Wildman–Crippen MR) is 116 cm³/mol. The first-order valence-corrected chi connectivity index (χ1v) is 10.1. The first kappa shape index (κ1) is 19.8. The molecular weight excluding hydrogens is 394 g/mol. The summed E-state index contributed by atoms with van der Waals surface area (Å²) in [6.07, 6.45) is 0. The minimum absolute atomic E-state index is 0.0797. The Hall–Kier alpha value is -2.97. The van der Waals surface area contributed by atoms with Crippen LogP contribution in [0.2, 0.25) is 0 Å². The number of carbonyl (C=O) groups is 2. The molecule has 0 unspecified atom stereocenters. The van der Waals surface area contributed by atoms with E-state index in [9.17, 15) is 14.7 Å². The van der Waals surface area contributed by atoms with Crippen LogP contribution in [0.25, 0.3) is 10.4 Å². The quantitative estimate of drug-likeness (QED) is 0.419. The molecule has 0 aliphatic heterocycles. The molecule has 1 aromatic carbocycles. The van der Waals surface area contributed by atoms with Gasteiger partial charge in [0, 0.05) is 23.7 Å². The summed E-state index contributed by atoms with van der Waals surface area (Å²) in [5.41, 5.74) is 3.23. The summed E-state index contributed by atoms with van der Waals surface area (Å²) in [5, 5.41) is 25.6. The van der Waals surface area contributed by atoms with Crippen LogP contribution in [-0.4, -0.2) is 29.7 Å². The number of nitrogens with one attached hydrogen (secondary N) is 3. The summed E-state index contributed by atoms with van der Waals surface area (Å²) in [6.45, 7) is 3.62. The molecule has 3 aromatic rings. The molecule has 0 atom stereocenters. The lowest BCUT2D eigenvalue weighted by Crippen LogP contribution is -2.12. The Morgan fingerprint density at radius 1 is 1.18 bits per heavy atom. The Bertz CT molecular complexity index is 1070. The van der Waals surface area contributed by atoms with Crippen LogP contribution in [0.3, 0.4) is 0 Å². The number of thiophene rings is 2. The zero-order chi connectivity index (χ0) is 20.4. The van der Waals surface area contributed by atoms with Crippen LogP contribution in [0.1, 0.15) is 38.1 Å². The SMILES string of the molecule is CNc1sc(C(=O)Nc2csc(-c3ccc(C)cc3)c2C(=O)O)cc1C(C)=N. The molecule has 0 radical (unpaired) electrons. The predicted octanol–water partition coefficient (Wildman–Crippen LogP) is 5.16. The number of amides is 1. The zero-order valence-electron chi connectivity index (χ0n) is 15.5. The van der Waals surface area contributed by atoms with E-state index in [1.54, 1.807) is 25.4 Å². The van der Waals surface area contributed by atoms with Gasteiger partial charge in [0.25, 0.3) is 5.91 Å². The van der Waals surface area contributed by atoms with Crippen LogP contribution in [0, 0.1) is 12.3 Å². The van der Waals surface area contributed by atoms with Crippen molar-refractivity contribution in [3.05, 3.63) is 57.3 Å². The monoisotopic (exact) mass is 413 g/mol. The van der Waals surface area contributed by atoms with E-state index < -0.39 is 11.9 Å². The molecule has 0 aliphatic carbocycles. The van der Waals surface area contributed by atoms with Crippen molar-refractivity contribution in [3.63, 3.8) is 0 Å². The van der Waals surface area contributed by atoms with Gasteiger partial charge in [0.15, 0.2) is 0 Å². The van der Waals surface area contributed by atoms with Gasteiger partial charge in [0.1, 0.15) is 5.56 Å². The Morgan fingerprint density at radius 2 is 1.86 bits per heavy atom. The molecule has 0 spiro atoms. The van der Waals surface area contributed by atoms with E-state index in [-0.39, 0.29) is 11.3 Å². The molecule has 0 saturated carbocycles. The number of carboxylic acids is 1. The second kappa shape index (κ2) is 7.95. The smallest absolute Gasteiger partial charge is 0.339 e. The van der Waals surface area contributed by atoms with Crippen molar-refractivity contribution < 1.29 is 14.7 Å². The number of benzene rings is 1. The number of aromatic carboxylic acids is 1. The molecule has 0 saturated heterocycles. The van der Waals surface area contributed by atoms with Crippen LogP contribution in [0.4, 0.5) is 10.7 Å². The van der Waals surface area contributed by atoms with Crippen molar-refractivity contribution in [3.8, 4) is 10.4 Å². The first-order chi connectivity index (χ1) is 13.3. The standard InChI is InChI=1S/C20H19N3O3S2/c1-10-4-6-12(7-5-10)17-16(20(25)26)14(9-27-17)23-18(24)15-8-13(11(2)21)19(22-3)28-15/h4-9,21-22H,1-3H3,(H,23,24)(H,25,26). The molecular formula is C20H19N3O3S2. The summed E-state index contributed by atoms with van der Waals surface area (Å²) < 4.78 is 0. The number of carbonyl (C=O) groups excluding carboxylic acids is 1. The molecule has 0 bridgehead atoms. The Labute approximate surface area is 170 Å². The molecule has 144 valence electrons. The summed E-state index contributed by atoms with van der Waals surface area (Å²) in [7, 11) is 1.73. The third-order valence-corrected chi connectivity index (χ3v) is 6.33.